The van der Waals surface area contributed by atoms with Crippen LogP contribution in [0.1, 0.15) is 17.2 Å². The molecule has 0 aromatic heterocycles. The third-order valence-electron chi connectivity index (χ3n) is 4.90. The summed E-state index contributed by atoms with van der Waals surface area (Å²) in [7, 11) is 0. The summed E-state index contributed by atoms with van der Waals surface area (Å²) in [5.74, 6) is 0.548. The molecule has 0 amide bonds. The molecular formula is C22H17Cl2FN2O2. The summed E-state index contributed by atoms with van der Waals surface area (Å²) in [6.07, 6.45) is 1.55. The highest BCUT2D eigenvalue weighted by molar-refractivity contribution is 6.37. The van der Waals surface area contributed by atoms with Crippen LogP contribution in [0, 0.1) is 5.82 Å². The van der Waals surface area contributed by atoms with Gasteiger partial charge in [0.2, 0.25) is 0 Å². The molecule has 2 N–H and O–H groups in total. The lowest BCUT2D eigenvalue weighted by Crippen LogP contribution is -2.36. The maximum Gasteiger partial charge on any atom is 0.164 e. The quantitative estimate of drug-likeness (QED) is 0.419. The number of nitrogens with zero attached hydrogens (tertiary/aromatic N) is 1. The largest absolute Gasteiger partial charge is 0.454 e. The summed E-state index contributed by atoms with van der Waals surface area (Å²) < 4.78 is 19.5. The number of aldehydes is 1. The van der Waals surface area contributed by atoms with Crippen molar-refractivity contribution in [2.24, 2.45) is 0 Å². The number of halogens is 3. The summed E-state index contributed by atoms with van der Waals surface area (Å²) in [6, 6.07) is 14.4. The van der Waals surface area contributed by atoms with Crippen molar-refractivity contribution in [1.29, 1.82) is 0 Å². The van der Waals surface area contributed by atoms with E-state index in [1.54, 1.807) is 30.3 Å². The predicted molar refractivity (Wildman–Crippen MR) is 114 cm³/mol. The van der Waals surface area contributed by atoms with Crippen LogP contribution in [0.15, 0.2) is 54.6 Å². The van der Waals surface area contributed by atoms with Gasteiger partial charge in [0.15, 0.2) is 5.75 Å². The molecule has 148 valence electrons. The van der Waals surface area contributed by atoms with Gasteiger partial charge in [-0.05, 0) is 60.0 Å². The van der Waals surface area contributed by atoms with Crippen LogP contribution in [-0.2, 0) is 11.2 Å². The van der Waals surface area contributed by atoms with E-state index in [1.807, 2.05) is 17.0 Å². The highest BCUT2D eigenvalue weighted by atomic mass is 35.5. The molecule has 7 heteroatoms. The molecular weight excluding hydrogens is 414 g/mol. The fraction of sp³-hybridized carbons (Fsp3) is 0.136. The second kappa shape index (κ2) is 7.93. The van der Waals surface area contributed by atoms with Crippen molar-refractivity contribution in [3.8, 4) is 11.5 Å². The van der Waals surface area contributed by atoms with Crippen LogP contribution in [0.4, 0.5) is 15.8 Å². The Labute approximate surface area is 177 Å². The number of nitrogens with two attached hydrogens (primary N) is 1. The Bertz CT molecular complexity index is 1070. The first-order valence-corrected chi connectivity index (χ1v) is 9.74. The van der Waals surface area contributed by atoms with Gasteiger partial charge in [0.05, 0.1) is 10.0 Å². The van der Waals surface area contributed by atoms with E-state index in [2.05, 4.69) is 0 Å². The van der Waals surface area contributed by atoms with Gasteiger partial charge in [-0.15, -0.1) is 0 Å². The fourth-order valence-corrected chi connectivity index (χ4v) is 4.17. The molecule has 1 aliphatic rings. The van der Waals surface area contributed by atoms with Gasteiger partial charge < -0.3 is 20.2 Å². The van der Waals surface area contributed by atoms with Gasteiger partial charge in [-0.3, -0.25) is 0 Å². The van der Waals surface area contributed by atoms with Gasteiger partial charge in [0.25, 0.3) is 0 Å². The van der Waals surface area contributed by atoms with Gasteiger partial charge >= 0.3 is 0 Å². The van der Waals surface area contributed by atoms with E-state index >= 15 is 0 Å². The molecule has 3 aromatic carbocycles. The van der Waals surface area contributed by atoms with Crippen molar-refractivity contribution >= 4 is 40.9 Å². The van der Waals surface area contributed by atoms with E-state index < -0.39 is 6.04 Å². The lowest BCUT2D eigenvalue weighted by atomic mass is 9.92. The zero-order chi connectivity index (χ0) is 20.5. The number of fused-ring (bicyclic) bond motifs is 1. The van der Waals surface area contributed by atoms with E-state index in [0.717, 1.165) is 17.4 Å². The van der Waals surface area contributed by atoms with Crippen LogP contribution >= 0.6 is 23.2 Å². The fourth-order valence-electron chi connectivity index (χ4n) is 3.58. The van der Waals surface area contributed by atoms with Crippen LogP contribution in [-0.4, -0.2) is 12.8 Å². The Hall–Kier alpha value is -2.76. The number of carbonyl (C=O) groups is 1. The van der Waals surface area contributed by atoms with E-state index in [1.165, 1.54) is 12.1 Å². The Morgan fingerprint density at radius 3 is 2.55 bits per heavy atom. The summed E-state index contributed by atoms with van der Waals surface area (Å²) in [5, 5.41) is 0.631. The molecule has 0 saturated heterocycles. The molecule has 0 saturated carbocycles. The minimum atomic E-state index is -0.502. The molecule has 29 heavy (non-hydrogen) atoms. The van der Waals surface area contributed by atoms with Crippen LogP contribution in [0.3, 0.4) is 0 Å². The molecule has 1 aliphatic heterocycles. The molecule has 0 bridgehead atoms. The van der Waals surface area contributed by atoms with Gasteiger partial charge in [-0.25, -0.2) is 4.39 Å². The maximum absolute atomic E-state index is 13.6. The van der Waals surface area contributed by atoms with E-state index in [-0.39, 0.29) is 5.82 Å². The molecule has 4 rings (SSSR count). The van der Waals surface area contributed by atoms with E-state index in [9.17, 15) is 9.18 Å². The third kappa shape index (κ3) is 3.88. The number of ether oxygens (including phenoxy) is 1. The van der Waals surface area contributed by atoms with E-state index in [0.29, 0.717) is 45.9 Å². The Morgan fingerprint density at radius 2 is 1.86 bits per heavy atom. The summed E-state index contributed by atoms with van der Waals surface area (Å²) in [5.41, 5.74) is 8.69. The van der Waals surface area contributed by atoms with Crippen molar-refractivity contribution in [2.45, 2.75) is 12.5 Å². The lowest BCUT2D eigenvalue weighted by Gasteiger charge is -2.36. The van der Waals surface area contributed by atoms with Crippen LogP contribution in [0.2, 0.25) is 10.0 Å². The third-order valence-corrected chi connectivity index (χ3v) is 5.46. The van der Waals surface area contributed by atoms with Crippen LogP contribution in [0.25, 0.3) is 0 Å². The molecule has 0 radical (unpaired) electrons. The van der Waals surface area contributed by atoms with Crippen molar-refractivity contribution < 1.29 is 13.9 Å². The minimum Gasteiger partial charge on any atom is -0.454 e. The van der Waals surface area contributed by atoms with Crippen molar-refractivity contribution in [1.82, 2.24) is 0 Å². The normalized spacial score (nSPS) is 15.7. The van der Waals surface area contributed by atoms with Crippen molar-refractivity contribution in [3.05, 3.63) is 81.6 Å². The first-order valence-electron chi connectivity index (χ1n) is 8.99. The molecule has 0 fully saturated rings. The molecule has 0 aliphatic carbocycles. The van der Waals surface area contributed by atoms with Gasteiger partial charge in [-0.2, -0.15) is 0 Å². The number of anilines is 2. The van der Waals surface area contributed by atoms with Gasteiger partial charge in [0.1, 0.15) is 23.9 Å². The number of carbonyl (C=O) groups excluding carboxylic acids is 1. The average Bonchev–Trinajstić information content (AvgIpc) is 2.69. The standard InChI is InChI=1S/C22H17Cl2FN2O2/c23-19-10-15(26)11-20(24)22(19)29-17-4-5-18-13(8-17)6-7-27(21(18)12-28)16-3-1-2-14(25)9-16/h1-5,8-12,21H,6-7,26H2. The number of benzene rings is 3. The maximum atomic E-state index is 13.6. The van der Waals surface area contributed by atoms with Crippen molar-refractivity contribution in [3.63, 3.8) is 0 Å². The summed E-state index contributed by atoms with van der Waals surface area (Å²) in [6.45, 7) is 0.576. The number of rotatable bonds is 4. The number of hydrogen-bond acceptors (Lipinski definition) is 4. The SMILES string of the molecule is Nc1cc(Cl)c(Oc2ccc3c(c2)CCN(c2cccc(F)c2)C3C=O)c(Cl)c1. The molecule has 4 nitrogen and oxygen atoms in total. The minimum absolute atomic E-state index is 0.316. The second-order valence-corrected chi connectivity index (χ2v) is 7.59. The molecule has 0 spiro atoms. The average molecular weight is 431 g/mol. The zero-order valence-electron chi connectivity index (χ0n) is 15.2. The van der Waals surface area contributed by atoms with Crippen LogP contribution in [0.5, 0.6) is 11.5 Å². The predicted octanol–water partition coefficient (Wildman–Crippen LogP) is 5.81. The highest BCUT2D eigenvalue weighted by Gasteiger charge is 2.28. The Morgan fingerprint density at radius 1 is 1.10 bits per heavy atom. The lowest BCUT2D eigenvalue weighted by molar-refractivity contribution is -0.109. The summed E-state index contributed by atoms with van der Waals surface area (Å²) in [4.78, 5) is 13.8. The smallest absolute Gasteiger partial charge is 0.164 e. The first kappa shape index (κ1) is 19.6. The monoisotopic (exact) mass is 430 g/mol. The highest BCUT2D eigenvalue weighted by Crippen LogP contribution is 2.40. The Balaban J connectivity index is 1.64. The summed E-state index contributed by atoms with van der Waals surface area (Å²) >= 11 is 12.4. The van der Waals surface area contributed by atoms with Crippen molar-refractivity contribution in [2.75, 3.05) is 17.2 Å². The van der Waals surface area contributed by atoms with E-state index in [4.69, 9.17) is 33.7 Å². The molecule has 3 aromatic rings. The second-order valence-electron chi connectivity index (χ2n) is 6.78. The van der Waals surface area contributed by atoms with Gasteiger partial charge in [-0.1, -0.05) is 35.3 Å². The van der Waals surface area contributed by atoms with Gasteiger partial charge in [0, 0.05) is 17.9 Å². The molecule has 1 unspecified atom stereocenters. The topological polar surface area (TPSA) is 55.6 Å². The Kier molecular flexibility index (Phi) is 5.35. The van der Waals surface area contributed by atoms with Crippen LogP contribution < -0.4 is 15.4 Å². The number of hydrogen-bond donors (Lipinski definition) is 1. The number of nitrogen functional groups attached to an aromatic ring is 1. The first-order chi connectivity index (χ1) is 14.0. The zero-order valence-corrected chi connectivity index (χ0v) is 16.8. The molecule has 1 heterocycles. The molecule has 1 atom stereocenters.